The Morgan fingerprint density at radius 2 is 1.14 bits per heavy atom. The number of rotatable bonds is 6. The van der Waals surface area contributed by atoms with E-state index in [-0.39, 0.29) is 12.1 Å². The summed E-state index contributed by atoms with van der Waals surface area (Å²) in [6.45, 7) is 1.36. The quantitative estimate of drug-likeness (QED) is 0.389. The summed E-state index contributed by atoms with van der Waals surface area (Å²) in [4.78, 5) is 0. The van der Waals surface area contributed by atoms with Crippen molar-refractivity contribution in [2.45, 2.75) is 82.2 Å². The molecule has 130 valence electrons. The second-order valence-corrected chi connectivity index (χ2v) is 8.55. The first-order valence-corrected chi connectivity index (χ1v) is 12.6. The van der Waals surface area contributed by atoms with Crippen molar-refractivity contribution in [3.8, 4) is 0 Å². The number of alkyl halides is 2. The van der Waals surface area contributed by atoms with E-state index in [1.807, 2.05) is 0 Å². The molecule has 2 rings (SSSR count). The van der Waals surface area contributed by atoms with Crippen molar-refractivity contribution in [3.05, 3.63) is 10.6 Å². The topological polar surface area (TPSA) is 28.2 Å². The Labute approximate surface area is 150 Å². The molecule has 0 aromatic rings. The monoisotopic (exact) mass is 390 g/mol. The van der Waals surface area contributed by atoms with E-state index in [4.69, 9.17) is 18.6 Å². The second-order valence-electron chi connectivity index (χ2n) is 5.97. The summed E-state index contributed by atoms with van der Waals surface area (Å²) in [6, 6.07) is -0.172. The number of hydrogen-bond donors (Lipinski definition) is 0. The van der Waals surface area contributed by atoms with Gasteiger partial charge in [-0.05, 0) is 12.8 Å². The van der Waals surface area contributed by atoms with Gasteiger partial charge in [0.05, 0.1) is 12.3 Å². The number of nitrogens with zero attached hydrogens (tertiary/aromatic N) is 2. The Morgan fingerprint density at radius 1 is 0.773 bits per heavy atom. The predicted octanol–water partition coefficient (Wildman–Crippen LogP) is 6.06. The molecule has 2 nitrogen and oxygen atoms in total. The summed E-state index contributed by atoms with van der Waals surface area (Å²) in [5.74, 6) is 0. The van der Waals surface area contributed by atoms with Gasteiger partial charge in [0.1, 0.15) is 0 Å². The maximum atomic E-state index is 13.5. The van der Waals surface area contributed by atoms with E-state index in [2.05, 4.69) is 10.6 Å². The molecule has 4 atom stereocenters. The van der Waals surface area contributed by atoms with Gasteiger partial charge in [0, 0.05) is 0 Å². The predicted molar refractivity (Wildman–Crippen MR) is 87.1 cm³/mol. The summed E-state index contributed by atoms with van der Waals surface area (Å²) >= 11 is -0.556. The molecule has 2 fully saturated rings. The van der Waals surface area contributed by atoms with Gasteiger partial charge in [-0.25, -0.2) is 8.78 Å². The molecule has 22 heavy (non-hydrogen) atoms. The zero-order chi connectivity index (χ0) is 16.2. The molecule has 0 amide bonds. The van der Waals surface area contributed by atoms with Gasteiger partial charge in [-0.3, -0.25) is 0 Å². The average molecular weight is 391 g/mol. The van der Waals surface area contributed by atoms with Gasteiger partial charge in [0.25, 0.3) is 0 Å². The first-order valence-electron chi connectivity index (χ1n) is 8.26. The van der Waals surface area contributed by atoms with Crippen molar-refractivity contribution >= 4 is 18.6 Å². The normalized spacial score (nSPS) is 32.0. The van der Waals surface area contributed by atoms with Crippen LogP contribution in [0.2, 0.25) is 0 Å². The molecule has 0 N–H and O–H groups in total. The van der Waals surface area contributed by atoms with E-state index in [0.717, 1.165) is 44.9 Å². The van der Waals surface area contributed by atoms with Crippen LogP contribution >= 0.6 is 18.6 Å². The maximum absolute atomic E-state index is 13.5. The Bertz CT molecular complexity index is 254. The molecule has 0 aromatic heterocycles. The van der Waals surface area contributed by atoms with E-state index in [0.29, 0.717) is 25.9 Å². The van der Waals surface area contributed by atoms with Crippen LogP contribution in [0.25, 0.3) is 10.6 Å². The van der Waals surface area contributed by atoms with Gasteiger partial charge >= 0.3 is 35.6 Å². The molecule has 7 heteroatoms. The fourth-order valence-corrected chi connectivity index (χ4v) is 3.13. The molecule has 4 unspecified atom stereocenters. The average Bonchev–Trinajstić information content (AvgIpc) is 2.51. The third kappa shape index (κ3) is 8.79. The molecule has 0 saturated heterocycles. The molecule has 0 heterocycles. The number of hydrogen-bond acceptors (Lipinski definition) is 0. The van der Waals surface area contributed by atoms with E-state index in [9.17, 15) is 8.78 Å². The molecule has 0 aromatic carbocycles. The van der Waals surface area contributed by atoms with Crippen LogP contribution in [0.15, 0.2) is 0 Å². The van der Waals surface area contributed by atoms with Crippen LogP contribution in [-0.2, 0) is 17.0 Å². The van der Waals surface area contributed by atoms with Crippen molar-refractivity contribution in [1.82, 2.24) is 0 Å². The van der Waals surface area contributed by atoms with Gasteiger partial charge in [-0.1, -0.05) is 44.9 Å². The molecule has 0 spiro atoms. The molecule has 0 bridgehead atoms. The van der Waals surface area contributed by atoms with Crippen LogP contribution in [0.1, 0.15) is 57.8 Å². The van der Waals surface area contributed by atoms with Crippen LogP contribution in [0.3, 0.4) is 0 Å². The summed E-state index contributed by atoms with van der Waals surface area (Å²) in [6.07, 6.45) is 6.71. The third-order valence-corrected chi connectivity index (χ3v) is 4.34. The van der Waals surface area contributed by atoms with Crippen LogP contribution in [0.4, 0.5) is 8.78 Å². The fraction of sp³-hybridized carbons (Fsp3) is 1.00. The number of halogens is 4. The first-order chi connectivity index (χ1) is 10.7. The summed E-state index contributed by atoms with van der Waals surface area (Å²) in [7, 11) is 9.78. The Balaban J connectivity index is 0.000000745. The Hall–Kier alpha value is 1.07. The van der Waals surface area contributed by atoms with Crippen molar-refractivity contribution in [1.29, 1.82) is 0 Å². The van der Waals surface area contributed by atoms with Crippen LogP contribution in [-0.4, -0.2) is 37.5 Å². The molecular formula is C15H26Cl2F2N2Ti-2. The Morgan fingerprint density at radius 3 is 1.50 bits per heavy atom. The second kappa shape index (κ2) is 13.4. The van der Waals surface area contributed by atoms with Crippen molar-refractivity contribution in [3.63, 3.8) is 0 Å². The summed E-state index contributed by atoms with van der Waals surface area (Å²) < 4.78 is 27.1. The third-order valence-electron chi connectivity index (χ3n) is 4.34. The Kier molecular flexibility index (Phi) is 12.8. The van der Waals surface area contributed by atoms with Crippen LogP contribution < -0.4 is 0 Å². The fourth-order valence-electron chi connectivity index (χ4n) is 3.13. The van der Waals surface area contributed by atoms with Gasteiger partial charge in [0.15, 0.2) is 0 Å². The summed E-state index contributed by atoms with van der Waals surface area (Å²) in [5, 5.41) is 8.87. The SMILES string of the molecule is FC1CCCCC1[N-]CCC[N-]C1CCCCC1F.[Cl][Ti][Cl]. The zero-order valence-electron chi connectivity index (χ0n) is 13.0. The molecule has 2 saturated carbocycles. The van der Waals surface area contributed by atoms with Crippen molar-refractivity contribution < 1.29 is 25.8 Å². The standard InChI is InChI=1S/C15H26F2N2.2ClH.Ti/c16-12-6-1-3-8-14(12)18-10-5-11-19-15-9-4-2-7-13(15)17;;;/h12-15H,1-11H2;2*1H;/q-2;;;+2/p-2. The molecule has 2 aliphatic rings. The minimum absolute atomic E-state index is 0.0858. The van der Waals surface area contributed by atoms with Crippen molar-refractivity contribution in [2.24, 2.45) is 0 Å². The van der Waals surface area contributed by atoms with Gasteiger partial charge in [0.2, 0.25) is 0 Å². The van der Waals surface area contributed by atoms with E-state index in [1.165, 1.54) is 0 Å². The van der Waals surface area contributed by atoms with E-state index in [1.54, 1.807) is 0 Å². The molecular weight excluding hydrogens is 365 g/mol. The van der Waals surface area contributed by atoms with Crippen molar-refractivity contribution in [2.75, 3.05) is 13.1 Å². The van der Waals surface area contributed by atoms with E-state index < -0.39 is 29.4 Å². The molecule has 0 radical (unpaired) electrons. The van der Waals surface area contributed by atoms with E-state index >= 15 is 0 Å². The summed E-state index contributed by atoms with van der Waals surface area (Å²) in [5.41, 5.74) is 0. The van der Waals surface area contributed by atoms with Gasteiger partial charge < -0.3 is 10.6 Å². The zero-order valence-corrected chi connectivity index (χ0v) is 16.1. The molecule has 2 aliphatic carbocycles. The van der Waals surface area contributed by atoms with Gasteiger partial charge in [-0.2, -0.15) is 13.1 Å². The minimum atomic E-state index is -0.737. The first kappa shape index (κ1) is 21.1. The van der Waals surface area contributed by atoms with Crippen LogP contribution in [0, 0.1) is 0 Å². The molecule has 0 aliphatic heterocycles. The van der Waals surface area contributed by atoms with Crippen LogP contribution in [0.5, 0.6) is 0 Å². The van der Waals surface area contributed by atoms with Gasteiger partial charge in [-0.15, -0.1) is 12.1 Å².